The Morgan fingerprint density at radius 2 is 1.67 bits per heavy atom. The van der Waals surface area contributed by atoms with Gasteiger partial charge < -0.3 is 5.11 Å². The Bertz CT molecular complexity index is 383. The van der Waals surface area contributed by atoms with Gasteiger partial charge in [-0.3, -0.25) is 0 Å². The molecule has 0 unspecified atom stereocenters. The molecule has 1 aromatic carbocycles. The lowest BCUT2D eigenvalue weighted by atomic mass is 10.2. The molecule has 0 aliphatic carbocycles. The lowest BCUT2D eigenvalue weighted by Crippen LogP contribution is -1.66. The van der Waals surface area contributed by atoms with E-state index >= 15 is 0 Å². The minimum Gasteiger partial charge on any atom is -0.509 e. The Morgan fingerprint density at radius 1 is 1.00 bits per heavy atom. The number of hydrogen-bond acceptors (Lipinski definition) is 1. The van der Waals surface area contributed by atoms with Crippen LogP contribution in [0, 0.1) is 0 Å². The highest BCUT2D eigenvalue weighted by Gasteiger charge is 1.79. The summed E-state index contributed by atoms with van der Waals surface area (Å²) in [5.74, 6) is 0.0617. The number of aliphatic hydroxyl groups excluding tert-OH is 1. The van der Waals surface area contributed by atoms with Crippen LogP contribution in [0.3, 0.4) is 0 Å². The molecule has 1 aromatic rings. The van der Waals surface area contributed by atoms with Gasteiger partial charge in [0, 0.05) is 0 Å². The van der Waals surface area contributed by atoms with E-state index in [2.05, 4.69) is 6.58 Å². The van der Waals surface area contributed by atoms with Gasteiger partial charge in [-0.25, -0.2) is 0 Å². The maximum atomic E-state index is 8.75. The first kappa shape index (κ1) is 11.1. The van der Waals surface area contributed by atoms with Crippen LogP contribution in [0.4, 0.5) is 0 Å². The number of benzene rings is 1. The lowest BCUT2D eigenvalue weighted by molar-refractivity contribution is 0.435. The second-order valence-corrected chi connectivity index (χ2v) is 3.01. The zero-order chi connectivity index (χ0) is 10.9. The van der Waals surface area contributed by atoms with E-state index in [1.54, 1.807) is 6.08 Å². The predicted molar refractivity (Wildman–Crippen MR) is 65.5 cm³/mol. The van der Waals surface area contributed by atoms with Crippen LogP contribution in [0.25, 0.3) is 6.08 Å². The van der Waals surface area contributed by atoms with E-state index in [1.807, 2.05) is 54.6 Å². The van der Waals surface area contributed by atoms with Gasteiger partial charge in [0.15, 0.2) is 0 Å². The molecular formula is C14H14O. The summed E-state index contributed by atoms with van der Waals surface area (Å²) >= 11 is 0. The molecule has 0 aliphatic rings. The molecule has 0 spiro atoms. The van der Waals surface area contributed by atoms with Crippen LogP contribution in [-0.2, 0) is 0 Å². The summed E-state index contributed by atoms with van der Waals surface area (Å²) in [4.78, 5) is 0. The van der Waals surface area contributed by atoms with Gasteiger partial charge in [-0.1, -0.05) is 67.3 Å². The van der Waals surface area contributed by atoms with Crippen molar-refractivity contribution < 1.29 is 5.11 Å². The summed E-state index contributed by atoms with van der Waals surface area (Å²) in [5.41, 5.74) is 1.16. The fourth-order valence-electron chi connectivity index (χ4n) is 1.03. The molecule has 0 saturated carbocycles. The van der Waals surface area contributed by atoms with Gasteiger partial charge in [-0.2, -0.15) is 0 Å². The van der Waals surface area contributed by atoms with Gasteiger partial charge in [0.1, 0.15) is 5.76 Å². The van der Waals surface area contributed by atoms with E-state index in [1.165, 1.54) is 6.08 Å². The molecule has 1 nitrogen and oxygen atoms in total. The fourth-order valence-corrected chi connectivity index (χ4v) is 1.03. The number of hydrogen-bond donors (Lipinski definition) is 1. The Balaban J connectivity index is 2.44. The molecule has 0 aromatic heterocycles. The van der Waals surface area contributed by atoms with E-state index in [-0.39, 0.29) is 5.76 Å². The highest BCUT2D eigenvalue weighted by atomic mass is 16.3. The van der Waals surface area contributed by atoms with Gasteiger partial charge in [-0.15, -0.1) is 0 Å². The number of allylic oxidation sites excluding steroid dienone is 5. The second-order valence-electron chi connectivity index (χ2n) is 3.01. The Labute approximate surface area is 90.4 Å². The van der Waals surface area contributed by atoms with E-state index in [0.717, 1.165) is 5.56 Å². The van der Waals surface area contributed by atoms with Crippen molar-refractivity contribution in [1.82, 2.24) is 0 Å². The largest absolute Gasteiger partial charge is 0.509 e. The highest BCUT2D eigenvalue weighted by Crippen LogP contribution is 2.00. The summed E-state index contributed by atoms with van der Waals surface area (Å²) in [5, 5.41) is 8.75. The van der Waals surface area contributed by atoms with E-state index in [0.29, 0.717) is 0 Å². The Kier molecular flexibility index (Phi) is 4.74. The van der Waals surface area contributed by atoms with E-state index in [9.17, 15) is 0 Å². The third-order valence-electron chi connectivity index (χ3n) is 1.71. The van der Waals surface area contributed by atoms with Crippen LogP contribution in [0.2, 0.25) is 0 Å². The van der Waals surface area contributed by atoms with E-state index < -0.39 is 0 Å². The monoisotopic (exact) mass is 198 g/mol. The van der Waals surface area contributed by atoms with Crippen molar-refractivity contribution in [3.63, 3.8) is 0 Å². The zero-order valence-electron chi connectivity index (χ0n) is 8.51. The van der Waals surface area contributed by atoms with E-state index in [4.69, 9.17) is 5.11 Å². The SMILES string of the molecule is C=C(O)/C=C/C=C/C=C/c1ccccc1. The molecule has 0 saturated heterocycles. The van der Waals surface area contributed by atoms with Crippen molar-refractivity contribution in [3.05, 3.63) is 78.6 Å². The van der Waals surface area contributed by atoms with Crippen molar-refractivity contribution in [2.45, 2.75) is 0 Å². The minimum atomic E-state index is 0.0617. The van der Waals surface area contributed by atoms with Crippen molar-refractivity contribution in [2.75, 3.05) is 0 Å². The van der Waals surface area contributed by atoms with Crippen LogP contribution in [0.1, 0.15) is 5.56 Å². The molecule has 0 amide bonds. The van der Waals surface area contributed by atoms with Crippen LogP contribution >= 0.6 is 0 Å². The molecule has 0 aliphatic heterocycles. The molecule has 0 radical (unpaired) electrons. The summed E-state index contributed by atoms with van der Waals surface area (Å²) in [6.07, 6.45) is 11.0. The number of aliphatic hydroxyl groups is 1. The summed E-state index contributed by atoms with van der Waals surface area (Å²) < 4.78 is 0. The molecule has 15 heavy (non-hydrogen) atoms. The molecular weight excluding hydrogens is 184 g/mol. The smallest absolute Gasteiger partial charge is 0.108 e. The highest BCUT2D eigenvalue weighted by molar-refractivity contribution is 5.50. The van der Waals surface area contributed by atoms with Crippen molar-refractivity contribution in [2.24, 2.45) is 0 Å². The van der Waals surface area contributed by atoms with Crippen molar-refractivity contribution in [1.29, 1.82) is 0 Å². The normalized spacial score (nSPS) is 11.7. The molecule has 0 bridgehead atoms. The van der Waals surface area contributed by atoms with Crippen molar-refractivity contribution >= 4 is 6.08 Å². The molecule has 0 heterocycles. The second kappa shape index (κ2) is 6.44. The summed E-state index contributed by atoms with van der Waals surface area (Å²) in [7, 11) is 0. The predicted octanol–water partition coefficient (Wildman–Crippen LogP) is 3.88. The van der Waals surface area contributed by atoms with Crippen LogP contribution in [0.5, 0.6) is 0 Å². The fraction of sp³-hybridized carbons (Fsp3) is 0. The molecule has 1 rings (SSSR count). The Hall–Kier alpha value is -2.02. The third-order valence-corrected chi connectivity index (χ3v) is 1.71. The first-order valence-electron chi connectivity index (χ1n) is 4.73. The average molecular weight is 198 g/mol. The van der Waals surface area contributed by atoms with Gasteiger partial charge in [0.2, 0.25) is 0 Å². The molecule has 1 heteroatoms. The third kappa shape index (κ3) is 5.32. The standard InChI is InChI=1S/C14H14O/c1-13(15)9-5-2-3-6-10-14-11-7-4-8-12-14/h2-12,15H,1H2/b3-2+,9-5+,10-6+. The summed E-state index contributed by atoms with van der Waals surface area (Å²) in [6, 6.07) is 10.1. The van der Waals surface area contributed by atoms with Crippen LogP contribution in [-0.4, -0.2) is 5.11 Å². The minimum absolute atomic E-state index is 0.0617. The van der Waals surface area contributed by atoms with Crippen LogP contribution < -0.4 is 0 Å². The molecule has 0 fully saturated rings. The lowest BCUT2D eigenvalue weighted by Gasteiger charge is -1.88. The first-order valence-corrected chi connectivity index (χ1v) is 4.73. The maximum Gasteiger partial charge on any atom is 0.108 e. The average Bonchev–Trinajstić information content (AvgIpc) is 2.24. The zero-order valence-corrected chi connectivity index (χ0v) is 8.51. The van der Waals surface area contributed by atoms with Gasteiger partial charge >= 0.3 is 0 Å². The van der Waals surface area contributed by atoms with Crippen LogP contribution in [0.15, 0.2) is 73.1 Å². The molecule has 1 N–H and O–H groups in total. The van der Waals surface area contributed by atoms with Crippen molar-refractivity contribution in [3.8, 4) is 0 Å². The summed E-state index contributed by atoms with van der Waals surface area (Å²) in [6.45, 7) is 3.34. The van der Waals surface area contributed by atoms with Gasteiger partial charge in [-0.05, 0) is 11.6 Å². The Morgan fingerprint density at radius 3 is 2.33 bits per heavy atom. The first-order chi connectivity index (χ1) is 7.29. The maximum absolute atomic E-state index is 8.75. The molecule has 0 atom stereocenters. The molecule has 76 valence electrons. The van der Waals surface area contributed by atoms with Gasteiger partial charge in [0.05, 0.1) is 0 Å². The number of rotatable bonds is 4. The van der Waals surface area contributed by atoms with Gasteiger partial charge in [0.25, 0.3) is 0 Å². The quantitative estimate of drug-likeness (QED) is 0.575. The topological polar surface area (TPSA) is 20.2 Å².